The van der Waals surface area contributed by atoms with Gasteiger partial charge in [0, 0.05) is 5.57 Å². The molecule has 15 heavy (non-hydrogen) atoms. The van der Waals surface area contributed by atoms with Gasteiger partial charge in [-0.1, -0.05) is 31.2 Å². The molecule has 2 nitrogen and oxygen atoms in total. The van der Waals surface area contributed by atoms with Crippen LogP contribution in [0.4, 0.5) is 0 Å². The third-order valence-electron chi connectivity index (χ3n) is 2.60. The van der Waals surface area contributed by atoms with Crippen LogP contribution in [0.3, 0.4) is 0 Å². The van der Waals surface area contributed by atoms with Gasteiger partial charge in [0.2, 0.25) is 0 Å². The fourth-order valence-corrected chi connectivity index (χ4v) is 1.70. The number of hydrogen-bond donors (Lipinski definition) is 1. The quantitative estimate of drug-likeness (QED) is 0.767. The van der Waals surface area contributed by atoms with Gasteiger partial charge in [-0.05, 0) is 37.0 Å². The van der Waals surface area contributed by atoms with E-state index in [-0.39, 0.29) is 0 Å². The first-order chi connectivity index (χ1) is 7.07. The van der Waals surface area contributed by atoms with Gasteiger partial charge < -0.3 is 5.11 Å². The highest BCUT2D eigenvalue weighted by molar-refractivity contribution is 5.96. The Morgan fingerprint density at radius 2 is 1.93 bits per heavy atom. The molecule has 1 rings (SSSR count). The van der Waals surface area contributed by atoms with E-state index in [0.29, 0.717) is 5.57 Å². The van der Waals surface area contributed by atoms with Crippen molar-refractivity contribution in [2.24, 2.45) is 0 Å². The van der Waals surface area contributed by atoms with Crippen LogP contribution in [0.25, 0.3) is 5.57 Å². The average Bonchev–Trinajstić information content (AvgIpc) is 2.21. The first-order valence-electron chi connectivity index (χ1n) is 5.07. The van der Waals surface area contributed by atoms with E-state index in [0.717, 1.165) is 23.1 Å². The van der Waals surface area contributed by atoms with E-state index in [4.69, 9.17) is 5.11 Å². The molecule has 1 aromatic carbocycles. The highest BCUT2D eigenvalue weighted by atomic mass is 16.4. The Morgan fingerprint density at radius 1 is 1.33 bits per heavy atom. The van der Waals surface area contributed by atoms with E-state index in [1.165, 1.54) is 0 Å². The van der Waals surface area contributed by atoms with Crippen molar-refractivity contribution < 1.29 is 9.90 Å². The third kappa shape index (κ3) is 2.46. The summed E-state index contributed by atoms with van der Waals surface area (Å²) in [6.45, 7) is 5.64. The minimum atomic E-state index is -0.838. The summed E-state index contributed by atoms with van der Waals surface area (Å²) in [6.07, 6.45) is 0.739. The fourth-order valence-electron chi connectivity index (χ4n) is 1.70. The lowest BCUT2D eigenvalue weighted by Crippen LogP contribution is -2.01. The summed E-state index contributed by atoms with van der Waals surface area (Å²) in [5.41, 5.74) is 3.52. The first-order valence-corrected chi connectivity index (χ1v) is 5.07. The van der Waals surface area contributed by atoms with Gasteiger partial charge >= 0.3 is 5.97 Å². The molecule has 0 aliphatic carbocycles. The fraction of sp³-hybridized carbons (Fsp3) is 0.308. The summed E-state index contributed by atoms with van der Waals surface area (Å²) in [6, 6.07) is 7.87. The summed E-state index contributed by atoms with van der Waals surface area (Å²) >= 11 is 0. The summed E-state index contributed by atoms with van der Waals surface area (Å²) in [4.78, 5) is 10.9. The Kier molecular flexibility index (Phi) is 3.67. The number of benzene rings is 1. The zero-order valence-corrected chi connectivity index (χ0v) is 9.37. The van der Waals surface area contributed by atoms with Gasteiger partial charge in [-0.3, -0.25) is 0 Å². The summed E-state index contributed by atoms with van der Waals surface area (Å²) < 4.78 is 0. The highest BCUT2D eigenvalue weighted by Crippen LogP contribution is 2.24. The number of carboxylic acid groups (broad SMARTS) is 1. The lowest BCUT2D eigenvalue weighted by atomic mass is 9.95. The van der Waals surface area contributed by atoms with Gasteiger partial charge in [0.05, 0.1) is 0 Å². The Hall–Kier alpha value is -1.57. The molecular weight excluding hydrogens is 188 g/mol. The van der Waals surface area contributed by atoms with Crippen molar-refractivity contribution in [3.63, 3.8) is 0 Å². The number of aryl methyl sites for hydroxylation is 1. The van der Waals surface area contributed by atoms with E-state index in [1.807, 2.05) is 38.1 Å². The van der Waals surface area contributed by atoms with Crippen molar-refractivity contribution in [2.45, 2.75) is 27.2 Å². The summed E-state index contributed by atoms with van der Waals surface area (Å²) in [5, 5.41) is 8.98. The van der Waals surface area contributed by atoms with Gasteiger partial charge in [0.15, 0.2) is 0 Å². The summed E-state index contributed by atoms with van der Waals surface area (Å²) in [7, 11) is 0. The van der Waals surface area contributed by atoms with Crippen LogP contribution in [-0.2, 0) is 4.79 Å². The molecule has 0 aliphatic rings. The van der Waals surface area contributed by atoms with Gasteiger partial charge in [0.1, 0.15) is 0 Å². The SMILES string of the molecule is CC/C(=C(/C)C(=O)O)c1ccccc1C. The van der Waals surface area contributed by atoms with Gasteiger partial charge in [0.25, 0.3) is 0 Å². The Morgan fingerprint density at radius 3 is 2.40 bits per heavy atom. The molecular formula is C13H16O2. The number of carbonyl (C=O) groups is 1. The predicted molar refractivity (Wildman–Crippen MR) is 61.7 cm³/mol. The Bertz CT molecular complexity index is 403. The minimum absolute atomic E-state index is 0.437. The number of allylic oxidation sites excluding steroid dienone is 1. The molecule has 2 heteroatoms. The number of carboxylic acids is 1. The molecule has 0 radical (unpaired) electrons. The monoisotopic (exact) mass is 204 g/mol. The van der Waals surface area contributed by atoms with E-state index >= 15 is 0 Å². The molecule has 80 valence electrons. The topological polar surface area (TPSA) is 37.3 Å². The van der Waals surface area contributed by atoms with E-state index in [9.17, 15) is 4.79 Å². The molecule has 0 unspecified atom stereocenters. The van der Waals surface area contributed by atoms with Crippen molar-refractivity contribution >= 4 is 11.5 Å². The zero-order chi connectivity index (χ0) is 11.4. The standard InChI is InChI=1S/C13H16O2/c1-4-11(10(3)13(14)15)12-8-6-5-7-9(12)2/h5-8H,4H2,1-3H3,(H,14,15)/b11-10+. The molecule has 0 saturated heterocycles. The van der Waals surface area contributed by atoms with Crippen LogP contribution in [0.15, 0.2) is 29.8 Å². The second-order valence-corrected chi connectivity index (χ2v) is 3.58. The normalized spacial score (nSPS) is 12.2. The van der Waals surface area contributed by atoms with E-state index < -0.39 is 5.97 Å². The molecule has 0 spiro atoms. The van der Waals surface area contributed by atoms with Crippen molar-refractivity contribution in [2.75, 3.05) is 0 Å². The first kappa shape index (κ1) is 11.5. The molecule has 1 N–H and O–H groups in total. The second-order valence-electron chi connectivity index (χ2n) is 3.58. The molecule has 0 amide bonds. The lowest BCUT2D eigenvalue weighted by Gasteiger charge is -2.10. The molecule has 0 atom stereocenters. The largest absolute Gasteiger partial charge is 0.478 e. The van der Waals surface area contributed by atoms with Crippen LogP contribution in [0.5, 0.6) is 0 Å². The van der Waals surface area contributed by atoms with Gasteiger partial charge in [-0.15, -0.1) is 0 Å². The molecule has 0 aliphatic heterocycles. The molecule has 1 aromatic rings. The van der Waals surface area contributed by atoms with Crippen molar-refractivity contribution in [3.05, 3.63) is 41.0 Å². The number of hydrogen-bond acceptors (Lipinski definition) is 1. The molecule has 0 heterocycles. The van der Waals surface area contributed by atoms with Crippen molar-refractivity contribution in [1.82, 2.24) is 0 Å². The highest BCUT2D eigenvalue weighted by Gasteiger charge is 2.10. The van der Waals surface area contributed by atoms with Crippen LogP contribution in [0, 0.1) is 6.92 Å². The Balaban J connectivity index is 3.31. The van der Waals surface area contributed by atoms with Crippen molar-refractivity contribution in [1.29, 1.82) is 0 Å². The van der Waals surface area contributed by atoms with Crippen LogP contribution in [0.2, 0.25) is 0 Å². The summed E-state index contributed by atoms with van der Waals surface area (Å²) in [5.74, 6) is -0.838. The van der Waals surface area contributed by atoms with Crippen molar-refractivity contribution in [3.8, 4) is 0 Å². The maximum Gasteiger partial charge on any atom is 0.331 e. The van der Waals surface area contributed by atoms with E-state index in [2.05, 4.69) is 0 Å². The predicted octanol–water partition coefficient (Wildman–Crippen LogP) is 3.26. The van der Waals surface area contributed by atoms with Crippen LogP contribution >= 0.6 is 0 Å². The zero-order valence-electron chi connectivity index (χ0n) is 9.37. The molecule has 0 bridgehead atoms. The van der Waals surface area contributed by atoms with Crippen LogP contribution in [-0.4, -0.2) is 11.1 Å². The third-order valence-corrected chi connectivity index (χ3v) is 2.60. The molecule has 0 saturated carbocycles. The minimum Gasteiger partial charge on any atom is -0.478 e. The number of rotatable bonds is 3. The molecule has 0 fully saturated rings. The second kappa shape index (κ2) is 4.78. The maximum absolute atomic E-state index is 10.9. The van der Waals surface area contributed by atoms with Gasteiger partial charge in [-0.25, -0.2) is 4.79 Å². The van der Waals surface area contributed by atoms with E-state index in [1.54, 1.807) is 6.92 Å². The van der Waals surface area contributed by atoms with Crippen LogP contribution in [0.1, 0.15) is 31.4 Å². The van der Waals surface area contributed by atoms with Gasteiger partial charge in [-0.2, -0.15) is 0 Å². The van der Waals surface area contributed by atoms with Crippen LogP contribution < -0.4 is 0 Å². The number of aliphatic carboxylic acids is 1. The lowest BCUT2D eigenvalue weighted by molar-refractivity contribution is -0.132. The smallest absolute Gasteiger partial charge is 0.331 e. The maximum atomic E-state index is 10.9. The average molecular weight is 204 g/mol. The molecule has 0 aromatic heterocycles. The Labute approximate surface area is 90.3 Å².